The first-order valence-electron chi connectivity index (χ1n) is 46.4. The number of hydrogen-bond donors (Lipinski definition) is 19. The van der Waals surface area contributed by atoms with Crippen LogP contribution in [0.2, 0.25) is 0 Å². The Morgan fingerprint density at radius 1 is 0.529 bits per heavy atom. The quantitative estimate of drug-likeness (QED) is 0.0182. The maximum Gasteiger partial charge on any atom is 0.246 e. The lowest BCUT2D eigenvalue weighted by Gasteiger charge is -2.36. The number of carbonyl (C=O) groups is 17. The van der Waals surface area contributed by atoms with E-state index in [1.165, 1.54) is 70.5 Å². The smallest absolute Gasteiger partial charge is 0.246 e. The van der Waals surface area contributed by atoms with Gasteiger partial charge in [-0.2, -0.15) is 0 Å². The molecule has 7 heterocycles. The summed E-state index contributed by atoms with van der Waals surface area (Å²) in [5.41, 5.74) is 20.1. The van der Waals surface area contributed by atoms with Crippen molar-refractivity contribution in [2.24, 2.45) is 29.0 Å². The summed E-state index contributed by atoms with van der Waals surface area (Å²) in [5.74, 6) is -18.0. The highest BCUT2D eigenvalue weighted by atomic mass is 32.2. The first kappa shape index (κ1) is 105. The van der Waals surface area contributed by atoms with Gasteiger partial charge in [0.15, 0.2) is 11.7 Å². The number of nitrogens with zero attached hydrogens (tertiary/aromatic N) is 6. The molecule has 14 atom stereocenters. The molecule has 0 radical (unpaired) electrons. The van der Waals surface area contributed by atoms with Gasteiger partial charge in [0, 0.05) is 124 Å². The largest absolute Gasteiger partial charge is 0.508 e. The normalized spacial score (nSPS) is 24.6. The van der Waals surface area contributed by atoms with E-state index in [-0.39, 0.29) is 134 Å². The van der Waals surface area contributed by atoms with Crippen molar-refractivity contribution in [1.82, 2.24) is 97.6 Å². The number of para-hydroxylation sites is 2. The highest BCUT2D eigenvalue weighted by Crippen LogP contribution is 2.30. The highest BCUT2D eigenvalue weighted by molar-refractivity contribution is 8.00. The molecule has 736 valence electrons. The van der Waals surface area contributed by atoms with E-state index in [0.29, 0.717) is 69.9 Å². The number of primary amides is 2. The molecule has 4 aliphatic rings. The van der Waals surface area contributed by atoms with Crippen LogP contribution in [0.25, 0.3) is 21.8 Å². The molecular formula is C93H129N23O19S. The van der Waals surface area contributed by atoms with Crippen LogP contribution in [-0.4, -0.2) is 304 Å². The third kappa shape index (κ3) is 28.6. The fourth-order valence-electron chi connectivity index (χ4n) is 17.9. The Bertz CT molecular complexity index is 5260. The summed E-state index contributed by atoms with van der Waals surface area (Å²) < 4.78 is 0. The van der Waals surface area contributed by atoms with Crippen molar-refractivity contribution >= 4 is 140 Å². The van der Waals surface area contributed by atoms with E-state index in [2.05, 4.69) is 73.1 Å². The molecule has 42 nitrogen and oxygen atoms in total. The van der Waals surface area contributed by atoms with E-state index in [4.69, 9.17) is 22.6 Å². The number of fused-ring (bicyclic) bond motifs is 5. The number of aliphatic hydroxyl groups is 1. The molecule has 4 fully saturated rings. The first-order chi connectivity index (χ1) is 65.1. The summed E-state index contributed by atoms with van der Waals surface area (Å²) in [6.07, 6.45) is 6.12. The molecule has 4 saturated heterocycles. The van der Waals surface area contributed by atoms with Gasteiger partial charge in [-0.15, -0.1) is 11.8 Å². The van der Waals surface area contributed by atoms with Gasteiger partial charge in [-0.25, -0.2) is 4.98 Å². The fourth-order valence-corrected chi connectivity index (χ4v) is 18.7. The minimum absolute atomic E-state index is 0.00115. The number of H-pyrrole nitrogens is 3. The van der Waals surface area contributed by atoms with E-state index < -0.39 is 228 Å². The fraction of sp³-hybridized carbons (Fsp3) is 0.538. The van der Waals surface area contributed by atoms with Gasteiger partial charge in [0.2, 0.25) is 94.5 Å². The van der Waals surface area contributed by atoms with Gasteiger partial charge in [-0.3, -0.25) is 86.9 Å². The highest BCUT2D eigenvalue weighted by Gasteiger charge is 2.47. The van der Waals surface area contributed by atoms with Crippen molar-refractivity contribution in [3.05, 3.63) is 120 Å². The average molecular weight is 1910 g/mol. The third-order valence-electron chi connectivity index (χ3n) is 25.1. The monoisotopic (exact) mass is 1900 g/mol. The third-order valence-corrected chi connectivity index (χ3v) is 26.2. The number of ketones is 1. The summed E-state index contributed by atoms with van der Waals surface area (Å²) in [6, 6.07) is 1.22. The number of nitrogens with one attached hydrogen (secondary N) is 14. The summed E-state index contributed by atoms with van der Waals surface area (Å²) in [4.78, 5) is 271. The molecule has 0 aliphatic carbocycles. The minimum atomic E-state index is -1.73. The Hall–Kier alpha value is -13.5. The number of benzene rings is 3. The number of aromatic hydroxyl groups is 1. The van der Waals surface area contributed by atoms with Crippen LogP contribution in [0.15, 0.2) is 97.7 Å². The second-order valence-corrected chi connectivity index (χ2v) is 36.7. The lowest BCUT2D eigenvalue weighted by atomic mass is 9.93. The second kappa shape index (κ2) is 50.2. The van der Waals surface area contributed by atoms with Gasteiger partial charge in [-0.05, 0) is 118 Å². The SMILES string of the molecule is CCCC[C@H]1C(=O)N(C)[C@@H](CCCC)C(=O)N[C@@H](CCCNC(=N)N)C(=O)N[C@H](C(=O)NCC(N)=O)CSCC(=O)N[C@@H](Cc2ccc(O)cc2)C(=O)N2CCC[C@@H]2C(=O)N[C@@H](CC(N)=O)C(=O)N2CCC[C@H]2C(=O)N[C@@H](Cc2cnc[nH]2)C(=O)N[C@@H](CC(C)C)C(=O)N2CCC[C@H]2C(=O)N[C@@H](Cc2c[nH]c3ccccc23)C(=O)C[C@@H](CO)C(=O)N[C@@H](Cc2c[nH]c3ccccc23)C(=O)N1C. The van der Waals surface area contributed by atoms with Gasteiger partial charge in [0.1, 0.15) is 78.3 Å². The number of imidazole rings is 1. The number of thioether (sulfide) groups is 1. The van der Waals surface area contributed by atoms with Crippen LogP contribution in [0.1, 0.15) is 159 Å². The van der Waals surface area contributed by atoms with Crippen LogP contribution in [0.5, 0.6) is 5.75 Å². The molecule has 136 heavy (non-hydrogen) atoms. The molecule has 16 amide bonds. The maximum absolute atomic E-state index is 15.8. The summed E-state index contributed by atoms with van der Waals surface area (Å²) in [6.45, 7) is 5.51. The number of aromatic nitrogens is 4. The molecule has 3 aromatic carbocycles. The molecule has 43 heteroatoms. The van der Waals surface area contributed by atoms with E-state index in [1.54, 1.807) is 68.7 Å². The Morgan fingerprint density at radius 3 is 1.58 bits per heavy atom. The van der Waals surface area contributed by atoms with E-state index in [0.717, 1.165) is 16.7 Å². The molecule has 0 spiro atoms. The van der Waals surface area contributed by atoms with Crippen molar-refractivity contribution < 1.29 is 91.7 Å². The van der Waals surface area contributed by atoms with Crippen molar-refractivity contribution in [2.45, 2.75) is 241 Å². The molecular weight excluding hydrogens is 1780 g/mol. The van der Waals surface area contributed by atoms with E-state index >= 15 is 52.7 Å². The number of aromatic amines is 3. The zero-order chi connectivity index (χ0) is 98.6. The van der Waals surface area contributed by atoms with Crippen molar-refractivity contribution in [2.75, 3.05) is 64.9 Å². The second-order valence-electron chi connectivity index (χ2n) is 35.6. The van der Waals surface area contributed by atoms with Crippen molar-refractivity contribution in [1.29, 1.82) is 5.41 Å². The predicted octanol–water partition coefficient (Wildman–Crippen LogP) is -0.665. The van der Waals surface area contributed by atoms with Gasteiger partial charge in [0.05, 0.1) is 43.6 Å². The van der Waals surface area contributed by atoms with Crippen LogP contribution in [-0.2, 0) is 107 Å². The molecule has 6 aromatic rings. The van der Waals surface area contributed by atoms with Crippen LogP contribution in [0.3, 0.4) is 0 Å². The molecule has 0 bridgehead atoms. The number of phenols is 1. The Morgan fingerprint density at radius 2 is 1.04 bits per heavy atom. The molecule has 10 rings (SSSR count). The zero-order valence-corrected chi connectivity index (χ0v) is 78.4. The van der Waals surface area contributed by atoms with Crippen LogP contribution < -0.4 is 70.4 Å². The number of unbranched alkanes of at least 4 members (excludes halogenated alkanes) is 2. The number of hydrogen-bond acceptors (Lipinski definition) is 22. The summed E-state index contributed by atoms with van der Waals surface area (Å²) in [5, 5.41) is 57.9. The molecule has 0 unspecified atom stereocenters. The lowest BCUT2D eigenvalue weighted by Crippen LogP contribution is -2.60. The Kier molecular flexibility index (Phi) is 38.6. The number of amides is 16. The zero-order valence-electron chi connectivity index (χ0n) is 77.6. The van der Waals surface area contributed by atoms with Gasteiger partial charge >= 0.3 is 0 Å². The molecule has 4 aliphatic heterocycles. The predicted molar refractivity (Wildman–Crippen MR) is 502 cm³/mol. The molecule has 3 aromatic heterocycles. The molecule has 22 N–H and O–H groups in total. The van der Waals surface area contributed by atoms with Crippen LogP contribution >= 0.6 is 11.8 Å². The number of phenolic OH excluding ortho intramolecular Hbond substituents is 1. The standard InChI is InChI=1S/C93H129N23O19S/c1-7-9-24-71-84(127)105-63(23-15-33-99-93(96)97)82(125)111-70(81(124)102-47-78(95)121)49-136-50-79(122)104-67(38-53-29-31-58(118)32-30-53)90(133)115-35-18-28-74(115)87(130)110-69(43-77(94)120)91(134)116-36-17-27-73(116)86(129)107-65(42-57-46-98-51-103-57)83(126)109-66(37-52(3)4)89(132)114-34-16-26-72(114)85(128)106-64(39-54-44-100-61-21-13-11-19-59(54)61)76(119)41-56(48-117)80(123)108-68(40-55-45-101-62-22-14-12-20-60(55)62)88(131)113(6)75(25-10-8-2)92(135)112(71)5/h11-14,19-22,29-32,44-46,51-52,56,63-75,100-101,117-118H,7-10,15-18,23-28,33-43,47-50H2,1-6H3,(H2,94,120)(H2,95,121)(H,98,103)(H,102,124)(H,104,122)(H,105,127)(H,106,128)(H,107,129)(H,108,123)(H,109,126)(H,110,130)(H,111,125)(H4,96,97,99)/t56-,63-,64-,65-,66-,67-,68-,69-,70-,71-,72-,73-,74+,75-/m0/s1. The number of rotatable bonds is 26. The number of carbonyl (C=O) groups excluding carboxylic acids is 17. The van der Waals surface area contributed by atoms with E-state index in [9.17, 15) is 39.0 Å². The number of likely N-dealkylation sites (N-methyl/N-ethyl adjacent to an activating group) is 2. The van der Waals surface area contributed by atoms with Crippen molar-refractivity contribution in [3.8, 4) is 5.75 Å². The van der Waals surface area contributed by atoms with Gasteiger partial charge in [-0.1, -0.05) is 102 Å². The number of aliphatic hydroxyl groups excluding tert-OH is 1. The minimum Gasteiger partial charge on any atom is -0.508 e. The number of nitrogens with two attached hydrogens (primary N) is 3. The number of guanidine groups is 1. The summed E-state index contributed by atoms with van der Waals surface area (Å²) >= 11 is 0.787. The van der Waals surface area contributed by atoms with Crippen molar-refractivity contribution in [3.63, 3.8) is 0 Å². The molecule has 0 saturated carbocycles. The van der Waals surface area contributed by atoms with Gasteiger partial charge < -0.3 is 120 Å². The first-order valence-corrected chi connectivity index (χ1v) is 47.6. The summed E-state index contributed by atoms with van der Waals surface area (Å²) in [7, 11) is 2.74. The van der Waals surface area contributed by atoms with Crippen LogP contribution in [0.4, 0.5) is 0 Å². The topological polar surface area (TPSA) is 629 Å². The lowest BCUT2D eigenvalue weighted by molar-refractivity contribution is -0.149. The van der Waals surface area contributed by atoms with Crippen LogP contribution in [0, 0.1) is 17.2 Å². The van der Waals surface area contributed by atoms with E-state index in [1.807, 2.05) is 19.9 Å². The Labute approximate surface area is 791 Å². The average Bonchev–Trinajstić information content (AvgIpc) is 1.63. The Balaban J connectivity index is 1.02. The van der Waals surface area contributed by atoms with Gasteiger partial charge in [0.25, 0.3) is 0 Å². The maximum atomic E-state index is 15.8. The number of Topliss-reactive ketones (excluding diaryl/α,β-unsaturated/α-hetero) is 1.